The lowest BCUT2D eigenvalue weighted by atomic mass is 10.0. The van der Waals surface area contributed by atoms with Gasteiger partial charge in [-0.25, -0.2) is 9.40 Å². The zero-order valence-electron chi connectivity index (χ0n) is 21.0. The van der Waals surface area contributed by atoms with Gasteiger partial charge in [-0.05, 0) is 50.6 Å². The van der Waals surface area contributed by atoms with Gasteiger partial charge in [0.15, 0.2) is 11.6 Å². The monoisotopic (exact) mass is 599 g/mol. The van der Waals surface area contributed by atoms with Crippen molar-refractivity contribution in [2.24, 2.45) is 10.1 Å². The van der Waals surface area contributed by atoms with Gasteiger partial charge < -0.3 is 20.3 Å². The maximum atomic E-state index is 13.9. The van der Waals surface area contributed by atoms with E-state index in [0.29, 0.717) is 29.3 Å². The Morgan fingerprint density at radius 3 is 2.70 bits per heavy atom. The van der Waals surface area contributed by atoms with Crippen molar-refractivity contribution >= 4 is 46.5 Å². The molecule has 2 aromatic carbocycles. The molecule has 0 radical (unpaired) electrons. The largest absolute Gasteiger partial charge is 0.573 e. The molecule has 2 N–H and O–H groups in total. The van der Waals surface area contributed by atoms with E-state index in [1.165, 1.54) is 5.01 Å². The van der Waals surface area contributed by atoms with Gasteiger partial charge in [-0.2, -0.15) is 10.4 Å². The van der Waals surface area contributed by atoms with Crippen molar-refractivity contribution in [1.29, 1.82) is 5.26 Å². The van der Waals surface area contributed by atoms with Gasteiger partial charge in [0.05, 0.1) is 34.4 Å². The summed E-state index contributed by atoms with van der Waals surface area (Å²) in [7, 11) is 0. The van der Waals surface area contributed by atoms with Crippen molar-refractivity contribution in [2.45, 2.75) is 38.2 Å². The maximum absolute atomic E-state index is 13.9. The first-order valence-corrected chi connectivity index (χ1v) is 12.9. The predicted molar refractivity (Wildman–Crippen MR) is 142 cm³/mol. The molecule has 0 bridgehead atoms. The number of nitrogens with zero attached hydrogens (tertiary/aromatic N) is 5. The van der Waals surface area contributed by atoms with Gasteiger partial charge >= 0.3 is 6.36 Å². The van der Waals surface area contributed by atoms with Gasteiger partial charge in [0, 0.05) is 23.9 Å². The zero-order chi connectivity index (χ0) is 29.0. The molecule has 0 saturated carbocycles. The molecule has 9 nitrogen and oxygen atoms in total. The second-order valence-electron chi connectivity index (χ2n) is 8.84. The number of benzene rings is 2. The Hall–Kier alpha value is -3.60. The van der Waals surface area contributed by atoms with E-state index >= 15 is 0 Å². The first-order chi connectivity index (χ1) is 19.0. The van der Waals surface area contributed by atoms with Gasteiger partial charge in [-0.15, -0.1) is 18.2 Å². The highest BCUT2D eigenvalue weighted by Gasteiger charge is 2.39. The average molecular weight is 600 g/mol. The van der Waals surface area contributed by atoms with Crippen LogP contribution in [0, 0.1) is 17.3 Å². The first-order valence-electron chi connectivity index (χ1n) is 12.1. The maximum Gasteiger partial charge on any atom is 0.573 e. The van der Waals surface area contributed by atoms with Crippen LogP contribution >= 0.6 is 23.2 Å². The molecule has 1 saturated heterocycles. The highest BCUT2D eigenvalue weighted by Crippen LogP contribution is 2.30. The summed E-state index contributed by atoms with van der Waals surface area (Å²) in [6, 6.07) is 6.60. The van der Waals surface area contributed by atoms with Crippen LogP contribution in [0.1, 0.15) is 25.3 Å². The summed E-state index contributed by atoms with van der Waals surface area (Å²) >= 11 is 12.4. The van der Waals surface area contributed by atoms with Crippen LogP contribution in [0.5, 0.6) is 5.75 Å². The van der Waals surface area contributed by atoms with Crippen molar-refractivity contribution in [3.05, 3.63) is 57.8 Å². The Bertz CT molecular complexity index is 1370. The number of anilines is 1. The third-order valence-electron chi connectivity index (χ3n) is 6.28. The van der Waals surface area contributed by atoms with Crippen LogP contribution in [-0.2, 0) is 4.79 Å². The Morgan fingerprint density at radius 2 is 2.08 bits per heavy atom. The molecule has 2 heterocycles. The lowest BCUT2D eigenvalue weighted by Gasteiger charge is -2.31. The minimum absolute atomic E-state index is 0.0441. The number of halogens is 6. The van der Waals surface area contributed by atoms with Gasteiger partial charge in [-0.1, -0.05) is 29.3 Å². The number of amides is 1. The molecule has 0 aromatic heterocycles. The molecule has 2 aliphatic heterocycles. The number of carbonyl (C=O) groups excluding carboxylic acids is 1. The molecule has 0 unspecified atom stereocenters. The molecule has 0 aliphatic carbocycles. The number of rotatable bonds is 6. The van der Waals surface area contributed by atoms with E-state index in [1.807, 2.05) is 6.92 Å². The number of guanidine groups is 1. The standard InChI is InChI=1S/C25H23Cl2F4N7O2/c1-2-37(23(39)19-4-3-9-33-19)20-12-38(36-22(20)14-5-7-16(26)17(27)10-14)24(34-13-32)35-15-6-8-18(28)21(11-15)40-25(29,30)31/h5-8,10-11,19-20,33H,2-4,9,12H2,1H3,(H,34,35)/t19-,20+/m1/s1. The molecule has 2 aromatic rings. The van der Waals surface area contributed by atoms with Crippen molar-refractivity contribution < 1.29 is 27.1 Å². The van der Waals surface area contributed by atoms with Crippen LogP contribution in [0.3, 0.4) is 0 Å². The number of nitriles is 1. The highest BCUT2D eigenvalue weighted by atomic mass is 35.5. The van der Waals surface area contributed by atoms with Gasteiger partial charge in [-0.3, -0.25) is 4.79 Å². The molecule has 1 amide bonds. The molecule has 2 aliphatic rings. The second-order valence-corrected chi connectivity index (χ2v) is 9.65. The topological polar surface area (TPSA) is 105 Å². The molecule has 40 heavy (non-hydrogen) atoms. The fourth-order valence-electron chi connectivity index (χ4n) is 4.51. The number of aliphatic imine (C=N–C) groups is 1. The minimum Gasteiger partial charge on any atom is -0.403 e. The van der Waals surface area contributed by atoms with Gasteiger partial charge in [0.25, 0.3) is 0 Å². The Morgan fingerprint density at radius 1 is 1.30 bits per heavy atom. The van der Waals surface area contributed by atoms with Gasteiger partial charge in [0.1, 0.15) is 0 Å². The molecule has 212 valence electrons. The minimum atomic E-state index is -5.12. The molecule has 1 fully saturated rings. The third-order valence-corrected chi connectivity index (χ3v) is 7.02. The van der Waals surface area contributed by atoms with Crippen molar-refractivity contribution in [3.63, 3.8) is 0 Å². The van der Waals surface area contributed by atoms with Gasteiger partial charge in [0.2, 0.25) is 18.1 Å². The molecular formula is C25H23Cl2F4N7O2. The van der Waals surface area contributed by atoms with E-state index < -0.39 is 24.0 Å². The average Bonchev–Trinajstić information content (AvgIpc) is 3.58. The van der Waals surface area contributed by atoms with Crippen molar-refractivity contribution in [3.8, 4) is 11.9 Å². The summed E-state index contributed by atoms with van der Waals surface area (Å²) in [5.74, 6) is -2.60. The Balaban J connectivity index is 1.69. The fraction of sp³-hybridized carbons (Fsp3) is 0.360. The molecular weight excluding hydrogens is 577 g/mol. The van der Waals surface area contributed by atoms with E-state index in [4.69, 9.17) is 23.2 Å². The third kappa shape index (κ3) is 6.75. The summed E-state index contributed by atoms with van der Waals surface area (Å²) in [5, 5.41) is 21.7. The number of alkyl halides is 3. The number of ether oxygens (including phenoxy) is 1. The zero-order valence-corrected chi connectivity index (χ0v) is 22.5. The summed E-state index contributed by atoms with van der Waals surface area (Å²) < 4.78 is 55.8. The van der Waals surface area contributed by atoms with Crippen molar-refractivity contribution in [1.82, 2.24) is 15.2 Å². The molecule has 0 spiro atoms. The van der Waals surface area contributed by atoms with Crippen molar-refractivity contribution in [2.75, 3.05) is 25.0 Å². The second kappa shape index (κ2) is 12.3. The van der Waals surface area contributed by atoms with E-state index in [0.717, 1.165) is 31.2 Å². The number of hydrogen-bond donors (Lipinski definition) is 2. The molecule has 2 atom stereocenters. The SMILES string of the molecule is CCN(C(=O)[C@H]1CCCN1)[C@H]1CN(C(=NC#N)Nc2ccc(F)c(OC(F)(F)F)c2)N=C1c1ccc(Cl)c(Cl)c1. The normalized spacial score (nSPS) is 19.3. The number of carbonyl (C=O) groups is 1. The van der Waals surface area contributed by atoms with E-state index in [9.17, 15) is 27.6 Å². The van der Waals surface area contributed by atoms with E-state index in [2.05, 4.69) is 25.5 Å². The summed E-state index contributed by atoms with van der Waals surface area (Å²) in [6.07, 6.45) is -1.95. The lowest BCUT2D eigenvalue weighted by molar-refractivity contribution is -0.275. The summed E-state index contributed by atoms with van der Waals surface area (Å²) in [4.78, 5) is 18.8. The lowest BCUT2D eigenvalue weighted by Crippen LogP contribution is -2.52. The van der Waals surface area contributed by atoms with Crippen LogP contribution in [0.2, 0.25) is 10.0 Å². The van der Waals surface area contributed by atoms with Crippen LogP contribution in [-0.4, -0.2) is 65.6 Å². The van der Waals surface area contributed by atoms with E-state index in [-0.39, 0.29) is 35.2 Å². The summed E-state index contributed by atoms with van der Waals surface area (Å²) in [6.45, 7) is 2.93. The smallest absolute Gasteiger partial charge is 0.403 e. The van der Waals surface area contributed by atoms with Crippen LogP contribution in [0.25, 0.3) is 0 Å². The molecule has 4 rings (SSSR count). The predicted octanol–water partition coefficient (Wildman–Crippen LogP) is 4.97. The number of likely N-dealkylation sites (N-methyl/N-ethyl adjacent to an activating group) is 1. The van der Waals surface area contributed by atoms with Crippen LogP contribution < -0.4 is 15.4 Å². The first kappa shape index (κ1) is 29.4. The van der Waals surface area contributed by atoms with E-state index in [1.54, 1.807) is 29.3 Å². The molecule has 15 heteroatoms. The number of hydrogen-bond acceptors (Lipinski definition) is 6. The quantitative estimate of drug-likeness (QED) is 0.210. The number of nitrogens with one attached hydrogen (secondary N) is 2. The highest BCUT2D eigenvalue weighted by molar-refractivity contribution is 6.42. The summed E-state index contributed by atoms with van der Waals surface area (Å²) in [5.41, 5.74) is 0.939. The van der Waals surface area contributed by atoms with Crippen LogP contribution in [0.15, 0.2) is 46.5 Å². The van der Waals surface area contributed by atoms with Crippen LogP contribution in [0.4, 0.5) is 23.2 Å². The number of hydrazone groups is 1. The Labute approximate surface area is 237 Å². The fourth-order valence-corrected chi connectivity index (χ4v) is 4.81. The Kier molecular flexibility index (Phi) is 9.02.